The lowest BCUT2D eigenvalue weighted by molar-refractivity contribution is 0.00827. The van der Waals surface area contributed by atoms with Crippen LogP contribution in [0.25, 0.3) is 0 Å². The van der Waals surface area contributed by atoms with Gasteiger partial charge in [-0.2, -0.15) is 0 Å². The summed E-state index contributed by atoms with van der Waals surface area (Å²) in [4.78, 5) is 0. The number of hydrogen-bond donors (Lipinski definition) is 1. The van der Waals surface area contributed by atoms with Gasteiger partial charge in [-0.05, 0) is 37.6 Å². The predicted octanol–water partition coefficient (Wildman–Crippen LogP) is 2.13. The highest BCUT2D eigenvalue weighted by molar-refractivity contribution is 5.28. The Labute approximate surface area is 96.8 Å². The summed E-state index contributed by atoms with van der Waals surface area (Å²) >= 11 is 0. The summed E-state index contributed by atoms with van der Waals surface area (Å²) < 4.78 is 11.1. The molecule has 1 fully saturated rings. The monoisotopic (exact) mass is 221 g/mol. The first kappa shape index (κ1) is 11.4. The summed E-state index contributed by atoms with van der Waals surface area (Å²) in [6, 6.07) is 8.07. The second-order valence-corrected chi connectivity index (χ2v) is 4.17. The number of ether oxygens (including phenoxy) is 2. The molecule has 88 valence electrons. The molecule has 1 aliphatic heterocycles. The van der Waals surface area contributed by atoms with Crippen molar-refractivity contribution < 1.29 is 9.47 Å². The minimum absolute atomic E-state index is 0.149. The molecule has 3 nitrogen and oxygen atoms in total. The van der Waals surface area contributed by atoms with Gasteiger partial charge in [-0.25, -0.2) is 0 Å². The molecule has 0 saturated carbocycles. The Bertz CT molecular complexity index is 317. The van der Waals surface area contributed by atoms with Gasteiger partial charge in [0.05, 0.1) is 19.3 Å². The van der Waals surface area contributed by atoms with Crippen molar-refractivity contribution in [1.29, 1.82) is 0 Å². The molecule has 2 atom stereocenters. The Morgan fingerprint density at radius 1 is 1.31 bits per heavy atom. The third-order valence-corrected chi connectivity index (χ3v) is 3.00. The summed E-state index contributed by atoms with van der Waals surface area (Å²) in [7, 11) is 1.68. The van der Waals surface area contributed by atoms with Crippen LogP contribution in [0.5, 0.6) is 5.75 Å². The van der Waals surface area contributed by atoms with Gasteiger partial charge in [0.2, 0.25) is 0 Å². The molecule has 1 N–H and O–H groups in total. The Morgan fingerprint density at radius 3 is 2.62 bits per heavy atom. The van der Waals surface area contributed by atoms with Crippen LogP contribution in [0.1, 0.15) is 25.0 Å². The highest BCUT2D eigenvalue weighted by atomic mass is 16.5. The Kier molecular flexibility index (Phi) is 3.80. The molecular weight excluding hydrogens is 202 g/mol. The van der Waals surface area contributed by atoms with Gasteiger partial charge in [-0.15, -0.1) is 0 Å². The molecule has 16 heavy (non-hydrogen) atoms. The van der Waals surface area contributed by atoms with Crippen LogP contribution in [0.4, 0.5) is 0 Å². The molecule has 0 spiro atoms. The number of nitrogens with one attached hydrogen (secondary N) is 1. The van der Waals surface area contributed by atoms with E-state index in [1.54, 1.807) is 7.11 Å². The molecule has 0 aromatic heterocycles. The van der Waals surface area contributed by atoms with E-state index in [-0.39, 0.29) is 6.10 Å². The first-order valence-corrected chi connectivity index (χ1v) is 5.79. The maximum absolute atomic E-state index is 5.97. The van der Waals surface area contributed by atoms with Crippen molar-refractivity contribution in [3.05, 3.63) is 29.8 Å². The highest BCUT2D eigenvalue weighted by Gasteiger charge is 2.18. The van der Waals surface area contributed by atoms with E-state index in [1.807, 2.05) is 12.1 Å². The molecule has 2 rings (SSSR count). The molecule has 1 saturated heterocycles. The SMILES string of the molecule is COc1ccc(C(C)OC2CCNC2)cc1. The lowest BCUT2D eigenvalue weighted by Gasteiger charge is -2.18. The summed E-state index contributed by atoms with van der Waals surface area (Å²) in [5.41, 5.74) is 1.20. The van der Waals surface area contributed by atoms with E-state index in [0.717, 1.165) is 25.3 Å². The quantitative estimate of drug-likeness (QED) is 0.845. The van der Waals surface area contributed by atoms with Crippen LogP contribution in [-0.4, -0.2) is 26.3 Å². The minimum atomic E-state index is 0.149. The van der Waals surface area contributed by atoms with E-state index in [0.29, 0.717) is 6.10 Å². The van der Waals surface area contributed by atoms with Gasteiger partial charge in [-0.3, -0.25) is 0 Å². The van der Waals surface area contributed by atoms with E-state index in [9.17, 15) is 0 Å². The largest absolute Gasteiger partial charge is 0.497 e. The molecule has 0 amide bonds. The van der Waals surface area contributed by atoms with Crippen molar-refractivity contribution in [2.75, 3.05) is 20.2 Å². The van der Waals surface area contributed by atoms with Crippen LogP contribution in [0.2, 0.25) is 0 Å². The van der Waals surface area contributed by atoms with Gasteiger partial charge in [-0.1, -0.05) is 12.1 Å². The van der Waals surface area contributed by atoms with Crippen LogP contribution in [0, 0.1) is 0 Å². The van der Waals surface area contributed by atoms with E-state index in [1.165, 1.54) is 5.56 Å². The van der Waals surface area contributed by atoms with Crippen LogP contribution in [0.3, 0.4) is 0 Å². The van der Waals surface area contributed by atoms with E-state index in [4.69, 9.17) is 9.47 Å². The van der Waals surface area contributed by atoms with Crippen LogP contribution >= 0.6 is 0 Å². The van der Waals surface area contributed by atoms with Gasteiger partial charge in [0, 0.05) is 6.54 Å². The molecule has 1 aliphatic rings. The van der Waals surface area contributed by atoms with Crippen molar-refractivity contribution in [3.8, 4) is 5.75 Å². The Balaban J connectivity index is 1.94. The zero-order chi connectivity index (χ0) is 11.4. The molecule has 1 aromatic carbocycles. The predicted molar refractivity (Wildman–Crippen MR) is 63.8 cm³/mol. The maximum atomic E-state index is 5.97. The fourth-order valence-electron chi connectivity index (χ4n) is 1.99. The van der Waals surface area contributed by atoms with Gasteiger partial charge in [0.1, 0.15) is 5.75 Å². The first-order valence-electron chi connectivity index (χ1n) is 5.79. The minimum Gasteiger partial charge on any atom is -0.497 e. The lowest BCUT2D eigenvalue weighted by Crippen LogP contribution is -2.18. The van der Waals surface area contributed by atoms with Gasteiger partial charge >= 0.3 is 0 Å². The van der Waals surface area contributed by atoms with Gasteiger partial charge < -0.3 is 14.8 Å². The fourth-order valence-corrected chi connectivity index (χ4v) is 1.99. The molecule has 0 aliphatic carbocycles. The molecule has 1 heterocycles. The van der Waals surface area contributed by atoms with Gasteiger partial charge in [0.15, 0.2) is 0 Å². The molecule has 0 radical (unpaired) electrons. The van der Waals surface area contributed by atoms with Crippen molar-refractivity contribution >= 4 is 0 Å². The average Bonchev–Trinajstić information content (AvgIpc) is 2.82. The Hall–Kier alpha value is -1.06. The number of benzene rings is 1. The molecule has 2 unspecified atom stereocenters. The molecule has 0 bridgehead atoms. The second-order valence-electron chi connectivity index (χ2n) is 4.17. The van der Waals surface area contributed by atoms with E-state index in [2.05, 4.69) is 24.4 Å². The van der Waals surface area contributed by atoms with Crippen molar-refractivity contribution in [3.63, 3.8) is 0 Å². The topological polar surface area (TPSA) is 30.5 Å². The average molecular weight is 221 g/mol. The fraction of sp³-hybridized carbons (Fsp3) is 0.538. The van der Waals surface area contributed by atoms with Crippen molar-refractivity contribution in [1.82, 2.24) is 5.32 Å². The van der Waals surface area contributed by atoms with Crippen LogP contribution in [0.15, 0.2) is 24.3 Å². The Morgan fingerprint density at radius 2 is 2.06 bits per heavy atom. The zero-order valence-corrected chi connectivity index (χ0v) is 9.90. The van der Waals surface area contributed by atoms with Gasteiger partial charge in [0.25, 0.3) is 0 Å². The summed E-state index contributed by atoms with van der Waals surface area (Å²) in [6.45, 7) is 4.14. The summed E-state index contributed by atoms with van der Waals surface area (Å²) in [6.07, 6.45) is 1.62. The van der Waals surface area contributed by atoms with Crippen LogP contribution < -0.4 is 10.1 Å². The van der Waals surface area contributed by atoms with Crippen molar-refractivity contribution in [2.45, 2.75) is 25.6 Å². The summed E-state index contributed by atoms with van der Waals surface area (Å²) in [5, 5.41) is 3.30. The van der Waals surface area contributed by atoms with Crippen LogP contribution in [-0.2, 0) is 4.74 Å². The standard InChI is InChI=1S/C13H19NO2/c1-10(16-13-7-8-14-9-13)11-3-5-12(15-2)6-4-11/h3-6,10,13-14H,7-9H2,1-2H3. The molecular formula is C13H19NO2. The summed E-state index contributed by atoms with van der Waals surface area (Å²) in [5.74, 6) is 0.887. The normalized spacial score (nSPS) is 22.0. The lowest BCUT2D eigenvalue weighted by atomic mass is 10.1. The number of hydrogen-bond acceptors (Lipinski definition) is 3. The zero-order valence-electron chi connectivity index (χ0n) is 9.90. The van der Waals surface area contributed by atoms with Crippen molar-refractivity contribution in [2.24, 2.45) is 0 Å². The molecule has 3 heteroatoms. The second kappa shape index (κ2) is 5.32. The number of rotatable bonds is 4. The third-order valence-electron chi connectivity index (χ3n) is 3.00. The third kappa shape index (κ3) is 2.74. The maximum Gasteiger partial charge on any atom is 0.118 e. The molecule has 1 aromatic rings. The van der Waals surface area contributed by atoms with E-state index >= 15 is 0 Å². The first-order chi connectivity index (χ1) is 7.79. The smallest absolute Gasteiger partial charge is 0.118 e. The highest BCUT2D eigenvalue weighted by Crippen LogP contribution is 2.22. The van der Waals surface area contributed by atoms with E-state index < -0.39 is 0 Å². The number of methoxy groups -OCH3 is 1.